The van der Waals surface area contributed by atoms with Gasteiger partial charge in [0.1, 0.15) is 6.26 Å². The van der Waals surface area contributed by atoms with Crippen LogP contribution in [0.1, 0.15) is 37.8 Å². The zero-order chi connectivity index (χ0) is 15.2. The van der Waals surface area contributed by atoms with E-state index in [-0.39, 0.29) is 17.8 Å². The van der Waals surface area contributed by atoms with Gasteiger partial charge in [-0.2, -0.15) is 0 Å². The van der Waals surface area contributed by atoms with E-state index in [0.29, 0.717) is 51.3 Å². The van der Waals surface area contributed by atoms with Crippen LogP contribution >= 0.6 is 0 Å². The molecule has 0 N–H and O–H groups in total. The van der Waals surface area contributed by atoms with Gasteiger partial charge in [-0.25, -0.2) is 4.98 Å². The molecule has 2 heterocycles. The molecule has 2 rings (SSSR count). The van der Waals surface area contributed by atoms with Gasteiger partial charge in [0.2, 0.25) is 5.91 Å². The second-order valence-corrected chi connectivity index (χ2v) is 5.26. The van der Waals surface area contributed by atoms with Gasteiger partial charge in [-0.3, -0.25) is 9.59 Å². The maximum atomic E-state index is 12.1. The average molecular weight is 294 g/mol. The molecule has 1 fully saturated rings. The minimum atomic E-state index is -0.136. The van der Waals surface area contributed by atoms with Gasteiger partial charge in [0.05, 0.1) is 18.2 Å². The summed E-state index contributed by atoms with van der Waals surface area (Å²) >= 11 is 0. The topological polar surface area (TPSA) is 72.6 Å². The Bertz CT molecular complexity index is 490. The molecule has 0 unspecified atom stereocenters. The third-order valence-electron chi connectivity index (χ3n) is 3.73. The number of carbonyl (C=O) groups is 2. The first kappa shape index (κ1) is 15.5. The highest BCUT2D eigenvalue weighted by atomic mass is 16.5. The summed E-state index contributed by atoms with van der Waals surface area (Å²) in [4.78, 5) is 29.8. The van der Waals surface area contributed by atoms with E-state index in [1.54, 1.807) is 13.2 Å². The lowest BCUT2D eigenvalue weighted by Crippen LogP contribution is -2.40. The Morgan fingerprint density at radius 1 is 1.43 bits per heavy atom. The van der Waals surface area contributed by atoms with Crippen molar-refractivity contribution in [3.8, 4) is 0 Å². The van der Waals surface area contributed by atoms with Crippen LogP contribution in [-0.4, -0.2) is 41.5 Å². The number of amides is 1. The number of likely N-dealkylation sites (tertiary alicyclic amines) is 1. The number of carbonyl (C=O) groups excluding carboxylic acids is 2. The van der Waals surface area contributed by atoms with Crippen LogP contribution in [-0.2, 0) is 20.7 Å². The minimum absolute atomic E-state index is 0.0628. The van der Waals surface area contributed by atoms with Crippen LogP contribution in [0, 0.1) is 12.8 Å². The molecular formula is C15H22N2O4. The molecule has 0 aromatic carbocycles. The number of ether oxygens (including phenoxy) is 1. The first-order valence-corrected chi connectivity index (χ1v) is 7.45. The van der Waals surface area contributed by atoms with Gasteiger partial charge in [0, 0.05) is 32.9 Å². The predicted octanol–water partition coefficient (Wildman–Crippen LogP) is 1.72. The van der Waals surface area contributed by atoms with Gasteiger partial charge < -0.3 is 14.1 Å². The maximum absolute atomic E-state index is 12.1. The van der Waals surface area contributed by atoms with Crippen molar-refractivity contribution >= 4 is 11.9 Å². The first-order valence-electron chi connectivity index (χ1n) is 7.45. The standard InChI is InChI=1S/C15H22N2O4/c1-3-20-15(19)12-6-8-17(9-7-12)14(18)5-4-13-10-21-11(2)16-13/h10,12H,3-9H2,1-2H3. The molecule has 1 aliphatic heterocycles. The van der Waals surface area contributed by atoms with E-state index < -0.39 is 0 Å². The zero-order valence-electron chi connectivity index (χ0n) is 12.6. The third kappa shape index (κ3) is 4.31. The number of aromatic nitrogens is 1. The van der Waals surface area contributed by atoms with E-state index in [2.05, 4.69) is 4.98 Å². The Balaban J connectivity index is 1.74. The molecule has 116 valence electrons. The summed E-state index contributed by atoms with van der Waals surface area (Å²) in [5, 5.41) is 0. The van der Waals surface area contributed by atoms with Crippen LogP contribution in [0.4, 0.5) is 0 Å². The molecule has 1 aromatic rings. The predicted molar refractivity (Wildman–Crippen MR) is 75.5 cm³/mol. The third-order valence-corrected chi connectivity index (χ3v) is 3.73. The molecule has 0 spiro atoms. The quantitative estimate of drug-likeness (QED) is 0.773. The molecule has 21 heavy (non-hydrogen) atoms. The van der Waals surface area contributed by atoms with Gasteiger partial charge in [-0.05, 0) is 19.8 Å². The zero-order valence-corrected chi connectivity index (χ0v) is 12.6. The Morgan fingerprint density at radius 2 is 2.14 bits per heavy atom. The van der Waals surface area contributed by atoms with Crippen LogP contribution in [0.15, 0.2) is 10.7 Å². The number of piperidine rings is 1. The number of aryl methyl sites for hydroxylation is 2. The molecule has 1 aromatic heterocycles. The van der Waals surface area contributed by atoms with Crippen LogP contribution in [0.2, 0.25) is 0 Å². The van der Waals surface area contributed by atoms with Crippen molar-refractivity contribution in [2.45, 2.75) is 39.5 Å². The highest BCUT2D eigenvalue weighted by Gasteiger charge is 2.27. The molecule has 0 aliphatic carbocycles. The molecule has 6 nitrogen and oxygen atoms in total. The molecule has 1 saturated heterocycles. The Morgan fingerprint density at radius 3 is 2.71 bits per heavy atom. The lowest BCUT2D eigenvalue weighted by atomic mass is 9.96. The fourth-order valence-electron chi connectivity index (χ4n) is 2.54. The SMILES string of the molecule is CCOC(=O)C1CCN(C(=O)CCc2coc(C)n2)CC1. The Labute approximate surface area is 124 Å². The number of oxazole rings is 1. The van der Waals surface area contributed by atoms with Gasteiger partial charge in [0.15, 0.2) is 5.89 Å². The Hall–Kier alpha value is -1.85. The number of esters is 1. The summed E-state index contributed by atoms with van der Waals surface area (Å²) in [6, 6.07) is 0. The number of hydrogen-bond acceptors (Lipinski definition) is 5. The maximum Gasteiger partial charge on any atom is 0.309 e. The molecule has 0 atom stereocenters. The summed E-state index contributed by atoms with van der Waals surface area (Å²) in [5.41, 5.74) is 0.808. The number of rotatable bonds is 5. The molecule has 0 bridgehead atoms. The minimum Gasteiger partial charge on any atom is -0.466 e. The van der Waals surface area contributed by atoms with Crippen molar-refractivity contribution in [3.63, 3.8) is 0 Å². The lowest BCUT2D eigenvalue weighted by Gasteiger charge is -2.30. The fraction of sp³-hybridized carbons (Fsp3) is 0.667. The second-order valence-electron chi connectivity index (χ2n) is 5.26. The van der Waals surface area contributed by atoms with E-state index in [1.165, 1.54) is 0 Å². The molecular weight excluding hydrogens is 272 g/mol. The average Bonchev–Trinajstić information content (AvgIpc) is 2.91. The highest BCUT2D eigenvalue weighted by Crippen LogP contribution is 2.19. The first-order chi connectivity index (χ1) is 10.1. The fourth-order valence-corrected chi connectivity index (χ4v) is 2.54. The lowest BCUT2D eigenvalue weighted by molar-refractivity contribution is -0.151. The van der Waals surface area contributed by atoms with E-state index in [0.717, 1.165) is 5.69 Å². The summed E-state index contributed by atoms with van der Waals surface area (Å²) in [6.07, 6.45) is 3.99. The summed E-state index contributed by atoms with van der Waals surface area (Å²) in [6.45, 7) is 5.25. The van der Waals surface area contributed by atoms with E-state index >= 15 is 0 Å². The van der Waals surface area contributed by atoms with Crippen LogP contribution in [0.3, 0.4) is 0 Å². The van der Waals surface area contributed by atoms with Crippen molar-refractivity contribution in [3.05, 3.63) is 17.8 Å². The normalized spacial score (nSPS) is 16.0. The van der Waals surface area contributed by atoms with E-state index in [9.17, 15) is 9.59 Å². The van der Waals surface area contributed by atoms with Gasteiger partial charge in [0.25, 0.3) is 0 Å². The smallest absolute Gasteiger partial charge is 0.309 e. The molecule has 0 radical (unpaired) electrons. The number of nitrogens with zero attached hydrogens (tertiary/aromatic N) is 2. The van der Waals surface area contributed by atoms with Crippen molar-refractivity contribution in [1.29, 1.82) is 0 Å². The second kappa shape index (κ2) is 7.24. The number of hydrogen-bond donors (Lipinski definition) is 0. The van der Waals surface area contributed by atoms with E-state index in [4.69, 9.17) is 9.15 Å². The van der Waals surface area contributed by atoms with Crippen molar-refractivity contribution in [2.75, 3.05) is 19.7 Å². The largest absolute Gasteiger partial charge is 0.466 e. The van der Waals surface area contributed by atoms with Crippen molar-refractivity contribution in [1.82, 2.24) is 9.88 Å². The summed E-state index contributed by atoms with van der Waals surface area (Å²) in [5.74, 6) is 0.528. The van der Waals surface area contributed by atoms with E-state index in [1.807, 2.05) is 11.8 Å². The Kier molecular flexibility index (Phi) is 5.36. The van der Waals surface area contributed by atoms with Crippen molar-refractivity contribution in [2.24, 2.45) is 5.92 Å². The van der Waals surface area contributed by atoms with Crippen LogP contribution in [0.25, 0.3) is 0 Å². The van der Waals surface area contributed by atoms with Gasteiger partial charge in [-0.15, -0.1) is 0 Å². The van der Waals surface area contributed by atoms with Gasteiger partial charge >= 0.3 is 5.97 Å². The van der Waals surface area contributed by atoms with Crippen molar-refractivity contribution < 1.29 is 18.7 Å². The van der Waals surface area contributed by atoms with Crippen LogP contribution < -0.4 is 0 Å². The molecule has 0 saturated carbocycles. The highest BCUT2D eigenvalue weighted by molar-refractivity contribution is 5.77. The van der Waals surface area contributed by atoms with Gasteiger partial charge in [-0.1, -0.05) is 0 Å². The summed E-state index contributed by atoms with van der Waals surface area (Å²) in [7, 11) is 0. The summed E-state index contributed by atoms with van der Waals surface area (Å²) < 4.78 is 10.1. The molecule has 1 aliphatic rings. The molecule has 6 heteroatoms. The monoisotopic (exact) mass is 294 g/mol. The van der Waals surface area contributed by atoms with Crippen LogP contribution in [0.5, 0.6) is 0 Å². The molecule has 1 amide bonds.